The van der Waals surface area contributed by atoms with Crippen LogP contribution in [0.4, 0.5) is 5.69 Å². The van der Waals surface area contributed by atoms with E-state index in [0.717, 1.165) is 20.1 Å². The predicted octanol–water partition coefficient (Wildman–Crippen LogP) is 4.09. The summed E-state index contributed by atoms with van der Waals surface area (Å²) in [5, 5.41) is 2.87. The number of amides is 1. The highest BCUT2D eigenvalue weighted by atomic mass is 79.9. The minimum atomic E-state index is -0.0153. The highest BCUT2D eigenvalue weighted by Crippen LogP contribution is 2.23. The Morgan fingerprint density at radius 1 is 1.26 bits per heavy atom. The van der Waals surface area contributed by atoms with Gasteiger partial charge in [-0.1, -0.05) is 0 Å². The van der Waals surface area contributed by atoms with Gasteiger partial charge in [-0.3, -0.25) is 4.79 Å². The zero-order valence-corrected chi connectivity index (χ0v) is 12.9. The normalized spacial score (nSPS) is 10.2. The molecule has 1 N–H and O–H groups in total. The second kappa shape index (κ2) is 6.73. The maximum Gasteiger partial charge on any atom is 0.229 e. The minimum absolute atomic E-state index is 0.0153. The highest BCUT2D eigenvalue weighted by Gasteiger charge is 2.06. The summed E-state index contributed by atoms with van der Waals surface area (Å²) in [6.07, 6.45) is 0.392. The van der Waals surface area contributed by atoms with Gasteiger partial charge >= 0.3 is 0 Å². The molecule has 2 aromatic rings. The summed E-state index contributed by atoms with van der Waals surface area (Å²) in [6, 6.07) is 11.3. The van der Waals surface area contributed by atoms with Gasteiger partial charge < -0.3 is 10.1 Å². The number of carbonyl (C=O) groups excluding carboxylic acids is 1. The van der Waals surface area contributed by atoms with E-state index in [4.69, 9.17) is 4.74 Å². The third kappa shape index (κ3) is 4.36. The lowest BCUT2D eigenvalue weighted by atomic mass is 10.2. The van der Waals surface area contributed by atoms with Gasteiger partial charge in [0, 0.05) is 10.6 Å². The zero-order valence-electron chi connectivity index (χ0n) is 10.5. The number of hydrogen-bond acceptors (Lipinski definition) is 3. The Kier molecular flexibility index (Phi) is 4.99. The van der Waals surface area contributed by atoms with Crippen LogP contribution in [-0.4, -0.2) is 12.5 Å². The maximum absolute atomic E-state index is 11.9. The maximum atomic E-state index is 11.9. The summed E-state index contributed by atoms with van der Waals surface area (Å²) in [7, 11) is 0. The van der Waals surface area contributed by atoms with Crippen LogP contribution in [0.5, 0.6) is 5.75 Å². The van der Waals surface area contributed by atoms with Crippen LogP contribution in [0.25, 0.3) is 0 Å². The fraction of sp³-hybridized carbons (Fsp3) is 0.214. The molecule has 0 aliphatic heterocycles. The van der Waals surface area contributed by atoms with Crippen molar-refractivity contribution in [1.82, 2.24) is 0 Å². The van der Waals surface area contributed by atoms with Gasteiger partial charge in [-0.05, 0) is 59.3 Å². The van der Waals surface area contributed by atoms with Crippen molar-refractivity contribution in [2.75, 3.05) is 11.9 Å². The molecular formula is C14H14BrNO2S. The number of halogens is 1. The Hall–Kier alpha value is -1.33. The van der Waals surface area contributed by atoms with Crippen molar-refractivity contribution in [3.8, 4) is 5.75 Å². The molecule has 3 nitrogen and oxygen atoms in total. The van der Waals surface area contributed by atoms with Crippen LogP contribution in [0.15, 0.2) is 40.2 Å². The number of rotatable bonds is 5. The van der Waals surface area contributed by atoms with E-state index in [1.165, 1.54) is 0 Å². The SMILES string of the molecule is CCOc1ccc(NC(=O)Cc2ccc(Br)s2)cc1. The topological polar surface area (TPSA) is 38.3 Å². The third-order valence-electron chi connectivity index (χ3n) is 2.41. The van der Waals surface area contributed by atoms with Crippen molar-refractivity contribution in [3.05, 3.63) is 45.1 Å². The van der Waals surface area contributed by atoms with E-state index < -0.39 is 0 Å². The molecule has 5 heteroatoms. The monoisotopic (exact) mass is 339 g/mol. The molecular weight excluding hydrogens is 326 g/mol. The summed E-state index contributed by atoms with van der Waals surface area (Å²) < 4.78 is 6.39. The minimum Gasteiger partial charge on any atom is -0.494 e. The fourth-order valence-electron chi connectivity index (χ4n) is 1.61. The van der Waals surface area contributed by atoms with Gasteiger partial charge in [0.25, 0.3) is 0 Å². The van der Waals surface area contributed by atoms with Gasteiger partial charge in [-0.25, -0.2) is 0 Å². The molecule has 100 valence electrons. The van der Waals surface area contributed by atoms with Crippen molar-refractivity contribution in [3.63, 3.8) is 0 Å². The molecule has 0 saturated heterocycles. The van der Waals surface area contributed by atoms with E-state index in [1.807, 2.05) is 43.3 Å². The van der Waals surface area contributed by atoms with Gasteiger partial charge in [0.15, 0.2) is 0 Å². The second-order valence-corrected chi connectivity index (χ2v) is 6.44. The number of nitrogens with one attached hydrogen (secondary N) is 1. The lowest BCUT2D eigenvalue weighted by Gasteiger charge is -2.06. The van der Waals surface area contributed by atoms with Crippen molar-refractivity contribution in [1.29, 1.82) is 0 Å². The number of ether oxygens (including phenoxy) is 1. The quantitative estimate of drug-likeness (QED) is 0.890. The first kappa shape index (κ1) is 14.1. The van der Waals surface area contributed by atoms with Crippen LogP contribution in [0.1, 0.15) is 11.8 Å². The summed E-state index contributed by atoms with van der Waals surface area (Å²) in [4.78, 5) is 12.9. The molecule has 1 aromatic carbocycles. The zero-order chi connectivity index (χ0) is 13.7. The van der Waals surface area contributed by atoms with Crippen LogP contribution >= 0.6 is 27.3 Å². The first-order chi connectivity index (χ1) is 9.17. The molecule has 0 fully saturated rings. The average Bonchev–Trinajstić information content (AvgIpc) is 2.77. The number of anilines is 1. The molecule has 1 aromatic heterocycles. The van der Waals surface area contributed by atoms with Crippen molar-refractivity contribution < 1.29 is 9.53 Å². The number of carbonyl (C=O) groups is 1. The summed E-state index contributed by atoms with van der Waals surface area (Å²) >= 11 is 4.96. The van der Waals surface area contributed by atoms with E-state index in [-0.39, 0.29) is 5.91 Å². The smallest absolute Gasteiger partial charge is 0.229 e. The van der Waals surface area contributed by atoms with Crippen LogP contribution in [-0.2, 0) is 11.2 Å². The Balaban J connectivity index is 1.91. The van der Waals surface area contributed by atoms with Gasteiger partial charge in [-0.15, -0.1) is 11.3 Å². The van der Waals surface area contributed by atoms with E-state index in [2.05, 4.69) is 21.2 Å². The number of thiophene rings is 1. The van der Waals surface area contributed by atoms with E-state index in [0.29, 0.717) is 13.0 Å². The third-order valence-corrected chi connectivity index (χ3v) is 4.04. The van der Waals surface area contributed by atoms with Gasteiger partial charge in [0.1, 0.15) is 5.75 Å². The van der Waals surface area contributed by atoms with Gasteiger partial charge in [0.05, 0.1) is 16.8 Å². The summed E-state index contributed by atoms with van der Waals surface area (Å²) in [5.74, 6) is 0.793. The Labute approximate surface area is 124 Å². The molecule has 0 bridgehead atoms. The standard InChI is InChI=1S/C14H14BrNO2S/c1-2-18-11-5-3-10(4-6-11)16-14(17)9-12-7-8-13(15)19-12/h3-8H,2,9H2,1H3,(H,16,17). The fourth-order valence-corrected chi connectivity index (χ4v) is 3.09. The molecule has 2 rings (SSSR count). The molecule has 1 heterocycles. The molecule has 0 saturated carbocycles. The largest absolute Gasteiger partial charge is 0.494 e. The van der Waals surface area contributed by atoms with E-state index in [9.17, 15) is 4.79 Å². The lowest BCUT2D eigenvalue weighted by Crippen LogP contribution is -2.13. The highest BCUT2D eigenvalue weighted by molar-refractivity contribution is 9.11. The second-order valence-electron chi connectivity index (χ2n) is 3.89. The molecule has 1 amide bonds. The van der Waals surface area contributed by atoms with Crippen LogP contribution < -0.4 is 10.1 Å². The molecule has 0 radical (unpaired) electrons. The van der Waals surface area contributed by atoms with Crippen molar-refractivity contribution in [2.45, 2.75) is 13.3 Å². The first-order valence-electron chi connectivity index (χ1n) is 5.94. The van der Waals surface area contributed by atoms with Crippen LogP contribution in [0.3, 0.4) is 0 Å². The molecule has 0 spiro atoms. The molecule has 19 heavy (non-hydrogen) atoms. The predicted molar refractivity (Wildman–Crippen MR) is 82.0 cm³/mol. The summed E-state index contributed by atoms with van der Waals surface area (Å²) in [6.45, 7) is 2.58. The molecule has 0 aliphatic carbocycles. The van der Waals surface area contributed by atoms with Crippen molar-refractivity contribution >= 4 is 38.9 Å². The Morgan fingerprint density at radius 3 is 2.58 bits per heavy atom. The molecule has 0 aliphatic rings. The Bertz CT molecular complexity index is 551. The number of hydrogen-bond donors (Lipinski definition) is 1. The average molecular weight is 340 g/mol. The van der Waals surface area contributed by atoms with E-state index >= 15 is 0 Å². The molecule has 0 atom stereocenters. The molecule has 0 unspecified atom stereocenters. The van der Waals surface area contributed by atoms with Gasteiger partial charge in [0.2, 0.25) is 5.91 Å². The summed E-state index contributed by atoms with van der Waals surface area (Å²) in [5.41, 5.74) is 0.782. The van der Waals surface area contributed by atoms with Crippen LogP contribution in [0, 0.1) is 0 Å². The van der Waals surface area contributed by atoms with E-state index in [1.54, 1.807) is 11.3 Å². The van der Waals surface area contributed by atoms with Crippen LogP contribution in [0.2, 0.25) is 0 Å². The first-order valence-corrected chi connectivity index (χ1v) is 7.55. The van der Waals surface area contributed by atoms with Gasteiger partial charge in [-0.2, -0.15) is 0 Å². The Morgan fingerprint density at radius 2 is 2.00 bits per heavy atom. The lowest BCUT2D eigenvalue weighted by molar-refractivity contribution is -0.115. The van der Waals surface area contributed by atoms with Crippen molar-refractivity contribution in [2.24, 2.45) is 0 Å². The number of benzene rings is 1.